The number of esters is 1. The predicted octanol–water partition coefficient (Wildman–Crippen LogP) is 2.88. The molecule has 0 N–H and O–H groups in total. The van der Waals surface area contributed by atoms with Gasteiger partial charge in [-0.15, -0.1) is 0 Å². The van der Waals surface area contributed by atoms with Crippen molar-refractivity contribution in [2.75, 3.05) is 7.11 Å². The molecule has 4 nitrogen and oxygen atoms in total. The summed E-state index contributed by atoms with van der Waals surface area (Å²) in [5.41, 5.74) is 0.544. The van der Waals surface area contributed by atoms with Crippen LogP contribution in [-0.4, -0.2) is 31.6 Å². The second-order valence-electron chi connectivity index (χ2n) is 5.54. The Labute approximate surface area is 120 Å². The molecule has 0 saturated carbocycles. The second-order valence-corrected chi connectivity index (χ2v) is 5.54. The van der Waals surface area contributed by atoms with Crippen LogP contribution in [-0.2, 0) is 14.2 Å². The molecule has 1 fully saturated rings. The molecular weight excluding hydrogens is 256 g/mol. The summed E-state index contributed by atoms with van der Waals surface area (Å²) in [6.45, 7) is 6.22. The number of hydrogen-bond acceptors (Lipinski definition) is 4. The van der Waals surface area contributed by atoms with Crippen molar-refractivity contribution >= 4 is 5.97 Å². The molecule has 110 valence electrons. The van der Waals surface area contributed by atoms with Crippen molar-refractivity contribution in [3.63, 3.8) is 0 Å². The van der Waals surface area contributed by atoms with E-state index < -0.39 is 6.29 Å². The summed E-state index contributed by atoms with van der Waals surface area (Å²) in [7, 11) is 1.57. The first-order valence-electron chi connectivity index (χ1n) is 6.99. The minimum Gasteiger partial charge on any atom is -0.453 e. The van der Waals surface area contributed by atoms with Gasteiger partial charge in [0.2, 0.25) is 0 Å². The highest BCUT2D eigenvalue weighted by Crippen LogP contribution is 2.34. The Kier molecular flexibility index (Phi) is 4.78. The molecule has 1 aromatic rings. The molecule has 0 aliphatic carbocycles. The number of rotatable bonds is 4. The van der Waals surface area contributed by atoms with Gasteiger partial charge in [0.25, 0.3) is 0 Å². The number of hydrogen-bond donors (Lipinski definition) is 0. The van der Waals surface area contributed by atoms with Crippen LogP contribution in [0.3, 0.4) is 0 Å². The SMILES string of the molecule is COC1O[C@H](C(C)C)[C@@H](C)C1OC(=O)c1ccccc1. The van der Waals surface area contributed by atoms with Crippen molar-refractivity contribution in [1.29, 1.82) is 0 Å². The maximum Gasteiger partial charge on any atom is 0.338 e. The fraction of sp³-hybridized carbons (Fsp3) is 0.562. The Hall–Kier alpha value is -1.39. The van der Waals surface area contributed by atoms with E-state index in [-0.39, 0.29) is 24.1 Å². The fourth-order valence-corrected chi connectivity index (χ4v) is 2.67. The highest BCUT2D eigenvalue weighted by molar-refractivity contribution is 5.89. The van der Waals surface area contributed by atoms with Crippen LogP contribution >= 0.6 is 0 Å². The molecule has 2 unspecified atom stereocenters. The lowest BCUT2D eigenvalue weighted by molar-refractivity contribution is -0.155. The van der Waals surface area contributed by atoms with Gasteiger partial charge in [-0.05, 0) is 18.1 Å². The van der Waals surface area contributed by atoms with Gasteiger partial charge in [-0.1, -0.05) is 39.0 Å². The van der Waals surface area contributed by atoms with E-state index in [1.807, 2.05) is 25.1 Å². The average Bonchev–Trinajstić information content (AvgIpc) is 2.77. The van der Waals surface area contributed by atoms with Crippen molar-refractivity contribution < 1.29 is 19.0 Å². The van der Waals surface area contributed by atoms with E-state index in [2.05, 4.69) is 13.8 Å². The maximum atomic E-state index is 12.2. The van der Waals surface area contributed by atoms with Crippen LogP contribution in [0.15, 0.2) is 30.3 Å². The lowest BCUT2D eigenvalue weighted by atomic mass is 9.93. The second kappa shape index (κ2) is 6.37. The Balaban J connectivity index is 2.09. The zero-order valence-corrected chi connectivity index (χ0v) is 12.4. The zero-order valence-electron chi connectivity index (χ0n) is 12.4. The molecule has 1 aliphatic rings. The van der Waals surface area contributed by atoms with E-state index in [9.17, 15) is 4.79 Å². The summed E-state index contributed by atoms with van der Waals surface area (Å²) in [4.78, 5) is 12.2. The summed E-state index contributed by atoms with van der Waals surface area (Å²) in [5, 5.41) is 0. The molecule has 0 amide bonds. The molecule has 1 heterocycles. The topological polar surface area (TPSA) is 44.8 Å². The van der Waals surface area contributed by atoms with Gasteiger partial charge in [0, 0.05) is 13.0 Å². The Morgan fingerprint density at radius 1 is 1.25 bits per heavy atom. The van der Waals surface area contributed by atoms with Gasteiger partial charge in [0.15, 0.2) is 12.4 Å². The van der Waals surface area contributed by atoms with Gasteiger partial charge in [-0.25, -0.2) is 4.79 Å². The molecule has 20 heavy (non-hydrogen) atoms. The van der Waals surface area contributed by atoms with Gasteiger partial charge >= 0.3 is 5.97 Å². The lowest BCUT2D eigenvalue weighted by Crippen LogP contribution is -2.33. The molecule has 1 aromatic carbocycles. The minimum atomic E-state index is -0.495. The predicted molar refractivity (Wildman–Crippen MR) is 75.3 cm³/mol. The monoisotopic (exact) mass is 278 g/mol. The highest BCUT2D eigenvalue weighted by Gasteiger charge is 2.45. The first-order valence-corrected chi connectivity index (χ1v) is 6.99. The van der Waals surface area contributed by atoms with Gasteiger partial charge in [0.05, 0.1) is 11.7 Å². The van der Waals surface area contributed by atoms with E-state index in [1.165, 1.54) is 0 Å². The molecule has 1 aliphatic heterocycles. The van der Waals surface area contributed by atoms with Crippen LogP contribution in [0.4, 0.5) is 0 Å². The quantitative estimate of drug-likeness (QED) is 0.794. The standard InChI is InChI=1S/C16H22O4/c1-10(2)13-11(3)14(16(18-4)20-13)19-15(17)12-8-6-5-7-9-12/h5-11,13-14,16H,1-4H3/t11-,13-,14?,16?/m1/s1. The Morgan fingerprint density at radius 3 is 2.45 bits per heavy atom. The molecule has 0 bridgehead atoms. The van der Waals surface area contributed by atoms with Crippen LogP contribution < -0.4 is 0 Å². The van der Waals surface area contributed by atoms with Crippen LogP contribution in [0.5, 0.6) is 0 Å². The largest absolute Gasteiger partial charge is 0.453 e. The summed E-state index contributed by atoms with van der Waals surface area (Å²) in [6, 6.07) is 8.98. The van der Waals surface area contributed by atoms with Crippen molar-refractivity contribution in [3.8, 4) is 0 Å². The van der Waals surface area contributed by atoms with Crippen LogP contribution in [0.1, 0.15) is 31.1 Å². The van der Waals surface area contributed by atoms with Crippen molar-refractivity contribution in [1.82, 2.24) is 0 Å². The van der Waals surface area contributed by atoms with E-state index in [1.54, 1.807) is 19.2 Å². The van der Waals surface area contributed by atoms with Crippen molar-refractivity contribution in [2.24, 2.45) is 11.8 Å². The molecule has 4 heteroatoms. The summed E-state index contributed by atoms with van der Waals surface area (Å²) in [6.07, 6.45) is -0.835. The number of methoxy groups -OCH3 is 1. The number of ether oxygens (including phenoxy) is 3. The third-order valence-corrected chi connectivity index (χ3v) is 3.74. The number of carbonyl (C=O) groups is 1. The van der Waals surface area contributed by atoms with E-state index in [0.29, 0.717) is 11.5 Å². The first-order chi connectivity index (χ1) is 9.54. The van der Waals surface area contributed by atoms with Gasteiger partial charge < -0.3 is 14.2 Å². The molecule has 0 radical (unpaired) electrons. The van der Waals surface area contributed by atoms with Crippen LogP contribution in [0.25, 0.3) is 0 Å². The van der Waals surface area contributed by atoms with Crippen LogP contribution in [0, 0.1) is 11.8 Å². The van der Waals surface area contributed by atoms with E-state index >= 15 is 0 Å². The highest BCUT2D eigenvalue weighted by atomic mass is 16.7. The maximum absolute atomic E-state index is 12.2. The Bertz CT molecular complexity index is 443. The van der Waals surface area contributed by atoms with Crippen molar-refractivity contribution in [2.45, 2.75) is 39.3 Å². The van der Waals surface area contributed by atoms with Gasteiger partial charge in [-0.2, -0.15) is 0 Å². The van der Waals surface area contributed by atoms with Gasteiger partial charge in [-0.3, -0.25) is 0 Å². The number of carbonyl (C=O) groups excluding carboxylic acids is 1. The molecule has 2 rings (SSSR count). The van der Waals surface area contributed by atoms with Crippen LogP contribution in [0.2, 0.25) is 0 Å². The summed E-state index contributed by atoms with van der Waals surface area (Å²) in [5.74, 6) is 0.119. The average molecular weight is 278 g/mol. The first kappa shape index (κ1) is 15.0. The molecule has 0 aromatic heterocycles. The molecule has 4 atom stereocenters. The normalized spacial score (nSPS) is 29.6. The van der Waals surface area contributed by atoms with Crippen molar-refractivity contribution in [3.05, 3.63) is 35.9 Å². The number of benzene rings is 1. The third kappa shape index (κ3) is 3.02. The third-order valence-electron chi connectivity index (χ3n) is 3.74. The molecular formula is C16H22O4. The summed E-state index contributed by atoms with van der Waals surface area (Å²) >= 11 is 0. The Morgan fingerprint density at radius 2 is 1.90 bits per heavy atom. The van der Waals surface area contributed by atoms with E-state index in [0.717, 1.165) is 0 Å². The summed E-state index contributed by atoms with van der Waals surface area (Å²) < 4.78 is 16.8. The smallest absolute Gasteiger partial charge is 0.338 e. The fourth-order valence-electron chi connectivity index (χ4n) is 2.67. The van der Waals surface area contributed by atoms with E-state index in [4.69, 9.17) is 14.2 Å². The minimum absolute atomic E-state index is 0.0357. The lowest BCUT2D eigenvalue weighted by Gasteiger charge is -2.21. The zero-order chi connectivity index (χ0) is 14.7. The van der Waals surface area contributed by atoms with Gasteiger partial charge in [0.1, 0.15) is 0 Å². The molecule has 0 spiro atoms. The molecule has 1 saturated heterocycles.